The number of carboxylic acids is 1. The Balaban J connectivity index is 0.000000164. The van der Waals surface area contributed by atoms with Crippen molar-refractivity contribution in [1.29, 1.82) is 0 Å². The molecule has 2 saturated carbocycles. The number of likely N-dealkylation sites (tertiary alicyclic amines) is 2. The average molecular weight is 552 g/mol. The van der Waals surface area contributed by atoms with Crippen LogP contribution in [-0.2, 0) is 23.9 Å². The van der Waals surface area contributed by atoms with Crippen LogP contribution in [0.5, 0.6) is 0 Å². The SMILES string of the molecule is CCOC(=O)C1CCN(CC2CC2)CC1.CCOC(=O)C1CCNCC1.O=C(O)C1CCN(CC2CC2)CC1. The average Bonchev–Trinajstić information content (AvgIpc) is 3.89. The highest BCUT2D eigenvalue weighted by Gasteiger charge is 2.30. The summed E-state index contributed by atoms with van der Waals surface area (Å²) in [5.74, 6) is 1.53. The monoisotopic (exact) mass is 551 g/mol. The van der Waals surface area contributed by atoms with Crippen LogP contribution in [0.15, 0.2) is 0 Å². The number of nitrogens with one attached hydrogen (secondary N) is 1. The molecule has 2 N–H and O–H groups in total. The van der Waals surface area contributed by atoms with E-state index < -0.39 is 5.97 Å². The fourth-order valence-corrected chi connectivity index (χ4v) is 5.62. The van der Waals surface area contributed by atoms with Gasteiger partial charge in [-0.1, -0.05) is 0 Å². The molecule has 3 heterocycles. The molecule has 0 aromatic rings. The maximum absolute atomic E-state index is 11.5. The summed E-state index contributed by atoms with van der Waals surface area (Å²) in [4.78, 5) is 38.3. The summed E-state index contributed by atoms with van der Waals surface area (Å²) < 4.78 is 9.97. The number of aliphatic carboxylic acids is 1. The largest absolute Gasteiger partial charge is 0.481 e. The maximum Gasteiger partial charge on any atom is 0.309 e. The van der Waals surface area contributed by atoms with Gasteiger partial charge in [-0.2, -0.15) is 0 Å². The molecule has 0 radical (unpaired) electrons. The van der Waals surface area contributed by atoms with Gasteiger partial charge in [-0.3, -0.25) is 14.4 Å². The first kappa shape index (κ1) is 31.8. The van der Waals surface area contributed by atoms with E-state index in [9.17, 15) is 14.4 Å². The molecular weight excluding hydrogens is 498 g/mol. The van der Waals surface area contributed by atoms with Crippen molar-refractivity contribution in [3.8, 4) is 0 Å². The van der Waals surface area contributed by atoms with Gasteiger partial charge in [0.05, 0.1) is 31.0 Å². The van der Waals surface area contributed by atoms with Gasteiger partial charge in [-0.15, -0.1) is 0 Å². The van der Waals surface area contributed by atoms with Gasteiger partial charge in [-0.25, -0.2) is 0 Å². The zero-order chi connectivity index (χ0) is 28.0. The Bertz CT molecular complexity index is 735. The molecule has 5 fully saturated rings. The zero-order valence-corrected chi connectivity index (χ0v) is 24.4. The number of carbonyl (C=O) groups is 3. The molecular formula is C30H53N3O6. The van der Waals surface area contributed by atoms with E-state index in [1.165, 1.54) is 38.8 Å². The number of rotatable bonds is 9. The molecule has 0 bridgehead atoms. The van der Waals surface area contributed by atoms with Crippen molar-refractivity contribution in [3.05, 3.63) is 0 Å². The summed E-state index contributed by atoms with van der Waals surface area (Å²) in [7, 11) is 0. The van der Waals surface area contributed by atoms with Crippen molar-refractivity contribution < 1.29 is 29.0 Å². The Kier molecular flexibility index (Phi) is 14.0. The van der Waals surface area contributed by atoms with E-state index in [1.54, 1.807) is 0 Å². The molecule has 0 aromatic heterocycles. The summed E-state index contributed by atoms with van der Waals surface area (Å²) in [5.41, 5.74) is 0. The minimum atomic E-state index is -0.605. The van der Waals surface area contributed by atoms with Crippen LogP contribution < -0.4 is 5.32 Å². The van der Waals surface area contributed by atoms with Crippen molar-refractivity contribution in [2.24, 2.45) is 29.6 Å². The van der Waals surface area contributed by atoms with E-state index in [-0.39, 0.29) is 29.7 Å². The van der Waals surface area contributed by atoms with E-state index in [0.717, 1.165) is 89.6 Å². The van der Waals surface area contributed by atoms with Crippen LogP contribution in [0.4, 0.5) is 0 Å². The summed E-state index contributed by atoms with van der Waals surface area (Å²) in [6.07, 6.45) is 11.1. The van der Waals surface area contributed by atoms with Gasteiger partial charge in [0.15, 0.2) is 0 Å². The Morgan fingerprint density at radius 3 is 1.38 bits per heavy atom. The molecule has 0 spiro atoms. The molecule has 2 aliphatic carbocycles. The van der Waals surface area contributed by atoms with Crippen LogP contribution in [0, 0.1) is 29.6 Å². The Morgan fingerprint density at radius 1 is 0.641 bits per heavy atom. The standard InChI is InChI=1S/C12H21NO2.C10H17NO2.C8H15NO2/c1-2-15-12(14)11-5-7-13(8-6-11)9-10-3-4-10;12-10(13)9-3-5-11(6-4-9)7-8-1-2-8;1-2-11-8(10)7-3-5-9-6-4-7/h10-11H,2-9H2,1H3;8-9H,1-7H2,(H,12,13);7,9H,2-6H2,1H3. The first-order chi connectivity index (χ1) is 18.9. The van der Waals surface area contributed by atoms with Crippen LogP contribution in [0.25, 0.3) is 0 Å². The number of nitrogens with zero attached hydrogens (tertiary/aromatic N) is 2. The molecule has 224 valence electrons. The lowest BCUT2D eigenvalue weighted by atomic mass is 9.97. The van der Waals surface area contributed by atoms with Gasteiger partial charge in [0.2, 0.25) is 0 Å². The van der Waals surface area contributed by atoms with Gasteiger partial charge >= 0.3 is 17.9 Å². The van der Waals surface area contributed by atoms with E-state index in [0.29, 0.717) is 13.2 Å². The number of carboxylic acid groups (broad SMARTS) is 1. The maximum atomic E-state index is 11.5. The molecule has 5 rings (SSSR count). The number of hydrogen-bond donors (Lipinski definition) is 2. The van der Waals surface area contributed by atoms with Crippen LogP contribution in [-0.4, -0.2) is 98.4 Å². The molecule has 0 aromatic carbocycles. The Morgan fingerprint density at radius 2 is 1.03 bits per heavy atom. The van der Waals surface area contributed by atoms with E-state index >= 15 is 0 Å². The van der Waals surface area contributed by atoms with E-state index in [2.05, 4.69) is 15.1 Å². The lowest BCUT2D eigenvalue weighted by Crippen LogP contribution is -2.37. The third-order valence-corrected chi connectivity index (χ3v) is 8.53. The number of ether oxygens (including phenoxy) is 2. The first-order valence-corrected chi connectivity index (χ1v) is 15.6. The quantitative estimate of drug-likeness (QED) is 0.417. The number of hydrogen-bond acceptors (Lipinski definition) is 8. The third-order valence-electron chi connectivity index (χ3n) is 8.53. The van der Waals surface area contributed by atoms with Crippen molar-refractivity contribution in [2.75, 3.05) is 65.6 Å². The number of carbonyl (C=O) groups excluding carboxylic acids is 2. The first-order valence-electron chi connectivity index (χ1n) is 15.6. The van der Waals surface area contributed by atoms with Crippen molar-refractivity contribution in [3.63, 3.8) is 0 Å². The second-order valence-corrected chi connectivity index (χ2v) is 11.9. The summed E-state index contributed by atoms with van der Waals surface area (Å²) in [6.45, 7) is 13.3. The fraction of sp³-hybridized carbons (Fsp3) is 0.900. The summed E-state index contributed by atoms with van der Waals surface area (Å²) >= 11 is 0. The summed E-state index contributed by atoms with van der Waals surface area (Å²) in [5, 5.41) is 12.0. The Labute approximate surface area is 235 Å². The van der Waals surface area contributed by atoms with Crippen LogP contribution in [0.2, 0.25) is 0 Å². The summed E-state index contributed by atoms with van der Waals surface area (Å²) in [6, 6.07) is 0. The normalized spacial score (nSPS) is 23.5. The molecule has 9 nitrogen and oxygen atoms in total. The van der Waals surface area contributed by atoms with Crippen molar-refractivity contribution in [2.45, 2.75) is 78.1 Å². The van der Waals surface area contributed by atoms with Gasteiger partial charge in [-0.05, 0) is 129 Å². The smallest absolute Gasteiger partial charge is 0.309 e. The number of esters is 2. The van der Waals surface area contributed by atoms with E-state index in [4.69, 9.17) is 14.6 Å². The van der Waals surface area contributed by atoms with Crippen molar-refractivity contribution in [1.82, 2.24) is 15.1 Å². The zero-order valence-electron chi connectivity index (χ0n) is 24.4. The predicted octanol–water partition coefficient (Wildman–Crippen LogP) is 3.41. The van der Waals surface area contributed by atoms with Crippen molar-refractivity contribution >= 4 is 17.9 Å². The third kappa shape index (κ3) is 12.6. The highest BCUT2D eigenvalue weighted by molar-refractivity contribution is 5.73. The van der Waals surface area contributed by atoms with Gasteiger partial charge < -0.3 is 29.7 Å². The highest BCUT2D eigenvalue weighted by Crippen LogP contribution is 2.32. The van der Waals surface area contributed by atoms with Crippen LogP contribution in [0.1, 0.15) is 78.1 Å². The second kappa shape index (κ2) is 17.2. The molecule has 0 amide bonds. The number of piperidine rings is 3. The minimum Gasteiger partial charge on any atom is -0.481 e. The molecule has 39 heavy (non-hydrogen) atoms. The second-order valence-electron chi connectivity index (χ2n) is 11.9. The predicted molar refractivity (Wildman–Crippen MR) is 150 cm³/mol. The fourth-order valence-electron chi connectivity index (χ4n) is 5.62. The highest BCUT2D eigenvalue weighted by atomic mass is 16.5. The minimum absolute atomic E-state index is 0.0172. The van der Waals surface area contributed by atoms with Crippen LogP contribution in [0.3, 0.4) is 0 Å². The van der Waals surface area contributed by atoms with Gasteiger partial charge in [0, 0.05) is 13.1 Å². The lowest BCUT2D eigenvalue weighted by molar-refractivity contribution is -0.150. The van der Waals surface area contributed by atoms with E-state index in [1.807, 2.05) is 13.8 Å². The topological polar surface area (TPSA) is 108 Å². The molecule has 0 unspecified atom stereocenters. The molecule has 3 aliphatic heterocycles. The van der Waals surface area contributed by atoms with Gasteiger partial charge in [0.1, 0.15) is 0 Å². The molecule has 3 saturated heterocycles. The van der Waals surface area contributed by atoms with Crippen LogP contribution >= 0.6 is 0 Å². The molecule has 0 atom stereocenters. The molecule has 9 heteroatoms. The Hall–Kier alpha value is -1.71. The van der Waals surface area contributed by atoms with Gasteiger partial charge in [0.25, 0.3) is 0 Å². The molecule has 5 aliphatic rings. The lowest BCUT2D eigenvalue weighted by Gasteiger charge is -2.30.